The maximum absolute atomic E-state index is 5.99. The molecule has 6 nitrogen and oxygen atoms in total. The number of fused-ring (bicyclic) bond motifs is 1. The first-order valence-corrected chi connectivity index (χ1v) is 8.88. The molecule has 1 aliphatic heterocycles. The van der Waals surface area contributed by atoms with Gasteiger partial charge in [0, 0.05) is 24.0 Å². The van der Waals surface area contributed by atoms with E-state index in [4.69, 9.17) is 4.74 Å². The summed E-state index contributed by atoms with van der Waals surface area (Å²) in [6, 6.07) is 10.1. The van der Waals surface area contributed by atoms with Crippen LogP contribution in [0.25, 0.3) is 11.3 Å². The van der Waals surface area contributed by atoms with Crippen LogP contribution in [0.4, 0.5) is 0 Å². The molecule has 1 aliphatic rings. The standard InChI is InChI=1S/C17H19N5OS/c1-12-19-14(11-24-12)7-18-8-15-9-22-16(10-23-15)17(20-21-22)13-5-3-2-4-6-13/h2-6,11,15,18H,7-10H2,1H3. The number of hydrogen-bond donors (Lipinski definition) is 1. The number of hydrogen-bond acceptors (Lipinski definition) is 6. The van der Waals surface area contributed by atoms with Gasteiger partial charge in [-0.15, -0.1) is 16.4 Å². The maximum atomic E-state index is 5.99. The fourth-order valence-electron chi connectivity index (χ4n) is 2.86. The van der Waals surface area contributed by atoms with Crippen LogP contribution in [0.5, 0.6) is 0 Å². The van der Waals surface area contributed by atoms with Crippen LogP contribution in [0, 0.1) is 6.92 Å². The van der Waals surface area contributed by atoms with Crippen LogP contribution >= 0.6 is 11.3 Å². The molecule has 4 rings (SSSR count). The van der Waals surface area contributed by atoms with E-state index >= 15 is 0 Å². The number of benzene rings is 1. The first kappa shape index (κ1) is 15.4. The van der Waals surface area contributed by atoms with E-state index in [1.807, 2.05) is 41.9 Å². The van der Waals surface area contributed by atoms with E-state index in [-0.39, 0.29) is 6.10 Å². The number of ether oxygens (including phenoxy) is 1. The van der Waals surface area contributed by atoms with Crippen molar-refractivity contribution in [3.63, 3.8) is 0 Å². The highest BCUT2D eigenvalue weighted by molar-refractivity contribution is 7.09. The molecule has 0 spiro atoms. The summed E-state index contributed by atoms with van der Waals surface area (Å²) in [4.78, 5) is 4.45. The third-order valence-corrected chi connectivity index (χ3v) is 4.88. The van der Waals surface area contributed by atoms with Gasteiger partial charge in [0.1, 0.15) is 5.69 Å². The second-order valence-electron chi connectivity index (χ2n) is 5.85. The van der Waals surface area contributed by atoms with Gasteiger partial charge in [0.15, 0.2) is 0 Å². The van der Waals surface area contributed by atoms with Crippen LogP contribution in [-0.2, 0) is 24.4 Å². The summed E-state index contributed by atoms with van der Waals surface area (Å²) in [5.41, 5.74) is 4.13. The smallest absolute Gasteiger partial charge is 0.118 e. The van der Waals surface area contributed by atoms with Crippen molar-refractivity contribution >= 4 is 11.3 Å². The van der Waals surface area contributed by atoms with Gasteiger partial charge in [0.25, 0.3) is 0 Å². The summed E-state index contributed by atoms with van der Waals surface area (Å²) in [7, 11) is 0. The van der Waals surface area contributed by atoms with Crippen molar-refractivity contribution in [3.8, 4) is 11.3 Å². The topological polar surface area (TPSA) is 64.9 Å². The minimum absolute atomic E-state index is 0.0996. The minimum atomic E-state index is 0.0996. The lowest BCUT2D eigenvalue weighted by molar-refractivity contribution is 0.00122. The Hall–Kier alpha value is -2.09. The second kappa shape index (κ2) is 6.80. The Kier molecular flexibility index (Phi) is 4.38. The van der Waals surface area contributed by atoms with E-state index in [1.54, 1.807) is 11.3 Å². The van der Waals surface area contributed by atoms with Crippen molar-refractivity contribution in [2.24, 2.45) is 0 Å². The Morgan fingerprint density at radius 1 is 1.33 bits per heavy atom. The lowest BCUT2D eigenvalue weighted by Crippen LogP contribution is -2.36. The molecule has 0 fully saturated rings. The zero-order chi connectivity index (χ0) is 16.4. The van der Waals surface area contributed by atoms with Crippen LogP contribution < -0.4 is 5.32 Å². The van der Waals surface area contributed by atoms with Gasteiger partial charge in [0.2, 0.25) is 0 Å². The first-order valence-electron chi connectivity index (χ1n) is 8.00. The molecular formula is C17H19N5OS. The van der Waals surface area contributed by atoms with Crippen LogP contribution in [-0.4, -0.2) is 32.6 Å². The van der Waals surface area contributed by atoms with Gasteiger partial charge in [-0.3, -0.25) is 0 Å². The number of nitrogens with zero attached hydrogens (tertiary/aromatic N) is 4. The highest BCUT2D eigenvalue weighted by Gasteiger charge is 2.24. The van der Waals surface area contributed by atoms with E-state index in [1.165, 1.54) is 0 Å². The fraction of sp³-hybridized carbons (Fsp3) is 0.353. The Bertz CT molecular complexity index is 814. The Morgan fingerprint density at radius 3 is 3.00 bits per heavy atom. The molecule has 3 heterocycles. The molecule has 0 saturated carbocycles. The summed E-state index contributed by atoms with van der Waals surface area (Å²) in [5, 5.41) is 15.2. The molecule has 1 atom stereocenters. The average molecular weight is 341 g/mol. The minimum Gasteiger partial charge on any atom is -0.369 e. The van der Waals surface area contributed by atoms with Crippen molar-refractivity contribution in [3.05, 3.63) is 52.1 Å². The predicted molar refractivity (Wildman–Crippen MR) is 92.6 cm³/mol. The van der Waals surface area contributed by atoms with Crippen molar-refractivity contribution in [1.82, 2.24) is 25.3 Å². The molecule has 0 bridgehead atoms. The van der Waals surface area contributed by atoms with Crippen LogP contribution in [0.2, 0.25) is 0 Å². The SMILES string of the molecule is Cc1nc(CNCC2Cn3nnc(-c4ccccc4)c3CO2)cs1. The third-order valence-electron chi connectivity index (χ3n) is 4.06. The van der Waals surface area contributed by atoms with Gasteiger partial charge in [-0.1, -0.05) is 35.5 Å². The maximum Gasteiger partial charge on any atom is 0.118 e. The van der Waals surface area contributed by atoms with E-state index < -0.39 is 0 Å². The highest BCUT2D eigenvalue weighted by Crippen LogP contribution is 2.24. The molecule has 0 saturated heterocycles. The van der Waals surface area contributed by atoms with Gasteiger partial charge in [-0.2, -0.15) is 0 Å². The first-order chi connectivity index (χ1) is 11.8. The third kappa shape index (κ3) is 3.24. The number of aromatic nitrogens is 4. The highest BCUT2D eigenvalue weighted by atomic mass is 32.1. The Balaban J connectivity index is 1.37. The summed E-state index contributed by atoms with van der Waals surface area (Å²) in [6.45, 7) is 4.83. The molecule has 24 heavy (non-hydrogen) atoms. The zero-order valence-electron chi connectivity index (χ0n) is 13.5. The quantitative estimate of drug-likeness (QED) is 0.772. The molecule has 2 aromatic heterocycles. The van der Waals surface area contributed by atoms with E-state index in [0.29, 0.717) is 6.61 Å². The van der Waals surface area contributed by atoms with E-state index in [2.05, 4.69) is 26.0 Å². The lowest BCUT2D eigenvalue weighted by Gasteiger charge is -2.24. The molecule has 0 aliphatic carbocycles. The molecule has 0 radical (unpaired) electrons. The lowest BCUT2D eigenvalue weighted by atomic mass is 10.1. The molecular weight excluding hydrogens is 322 g/mol. The van der Waals surface area contributed by atoms with Crippen molar-refractivity contribution < 1.29 is 4.74 Å². The number of rotatable bonds is 5. The van der Waals surface area contributed by atoms with Crippen LogP contribution in [0.3, 0.4) is 0 Å². The second-order valence-corrected chi connectivity index (χ2v) is 6.92. The van der Waals surface area contributed by atoms with E-state index in [9.17, 15) is 0 Å². The summed E-state index contributed by atoms with van der Waals surface area (Å²) in [5.74, 6) is 0. The average Bonchev–Trinajstić information content (AvgIpc) is 3.21. The molecule has 1 N–H and O–H groups in total. The normalized spacial score (nSPS) is 17.0. The van der Waals surface area contributed by atoms with E-state index in [0.717, 1.165) is 47.3 Å². The summed E-state index contributed by atoms with van der Waals surface area (Å²) < 4.78 is 7.95. The molecule has 1 unspecified atom stereocenters. The van der Waals surface area contributed by atoms with Gasteiger partial charge in [-0.25, -0.2) is 9.67 Å². The largest absolute Gasteiger partial charge is 0.369 e. The molecule has 124 valence electrons. The molecule has 3 aromatic rings. The van der Waals surface area contributed by atoms with Crippen LogP contribution in [0.1, 0.15) is 16.4 Å². The zero-order valence-corrected chi connectivity index (χ0v) is 14.3. The monoisotopic (exact) mass is 341 g/mol. The van der Waals surface area contributed by atoms with Gasteiger partial charge in [0.05, 0.1) is 35.7 Å². The van der Waals surface area contributed by atoms with Crippen molar-refractivity contribution in [2.75, 3.05) is 6.54 Å². The van der Waals surface area contributed by atoms with Gasteiger partial charge < -0.3 is 10.1 Å². The fourth-order valence-corrected chi connectivity index (χ4v) is 3.47. The number of nitrogens with one attached hydrogen (secondary N) is 1. The number of aryl methyl sites for hydroxylation is 1. The Labute approximate surface area is 144 Å². The number of thiazole rings is 1. The van der Waals surface area contributed by atoms with Crippen molar-refractivity contribution in [2.45, 2.75) is 32.7 Å². The Morgan fingerprint density at radius 2 is 2.21 bits per heavy atom. The van der Waals surface area contributed by atoms with Crippen LogP contribution in [0.15, 0.2) is 35.7 Å². The predicted octanol–water partition coefficient (Wildman–Crippen LogP) is 2.40. The molecule has 7 heteroatoms. The summed E-state index contributed by atoms with van der Waals surface area (Å²) >= 11 is 1.68. The van der Waals surface area contributed by atoms with Crippen molar-refractivity contribution in [1.29, 1.82) is 0 Å². The molecule has 1 aromatic carbocycles. The van der Waals surface area contributed by atoms with Gasteiger partial charge >= 0.3 is 0 Å². The molecule has 0 amide bonds. The summed E-state index contributed by atoms with van der Waals surface area (Å²) in [6.07, 6.45) is 0.0996. The van der Waals surface area contributed by atoms with Gasteiger partial charge in [-0.05, 0) is 6.92 Å².